The fourth-order valence-corrected chi connectivity index (χ4v) is 3.23. The second-order valence-corrected chi connectivity index (χ2v) is 6.62. The van der Waals surface area contributed by atoms with E-state index in [0.717, 1.165) is 34.5 Å². The zero-order chi connectivity index (χ0) is 20.0. The molecule has 0 amide bonds. The standard InChI is InChI=1S/C20H13F3N6/c21-20(22,23)13-10-12-3-4-14(26-18(12)25-11-13)5-6-17-27-19-15-2-1-8-24-16(15)7-9-29(19)28-17/h1-4,7-11H,5-6H2. The van der Waals surface area contributed by atoms with Crippen molar-refractivity contribution in [3.8, 4) is 0 Å². The van der Waals surface area contributed by atoms with E-state index in [1.54, 1.807) is 22.8 Å². The van der Waals surface area contributed by atoms with Crippen LogP contribution in [-0.2, 0) is 19.0 Å². The lowest BCUT2D eigenvalue weighted by Crippen LogP contribution is -2.06. The van der Waals surface area contributed by atoms with Gasteiger partial charge in [0.2, 0.25) is 0 Å². The van der Waals surface area contributed by atoms with Gasteiger partial charge in [-0.25, -0.2) is 19.5 Å². The average Bonchev–Trinajstić information content (AvgIpc) is 3.15. The molecule has 0 saturated heterocycles. The van der Waals surface area contributed by atoms with Gasteiger partial charge in [-0.05, 0) is 42.8 Å². The predicted octanol–water partition coefficient (Wildman–Crippen LogP) is 4.02. The highest BCUT2D eigenvalue weighted by Gasteiger charge is 2.31. The molecule has 0 saturated carbocycles. The van der Waals surface area contributed by atoms with Gasteiger partial charge in [0.1, 0.15) is 0 Å². The van der Waals surface area contributed by atoms with Crippen LogP contribution in [0, 0.1) is 0 Å². The van der Waals surface area contributed by atoms with E-state index >= 15 is 0 Å². The summed E-state index contributed by atoms with van der Waals surface area (Å²) in [6, 6.07) is 10.1. The van der Waals surface area contributed by atoms with Crippen LogP contribution in [0.25, 0.3) is 27.6 Å². The van der Waals surface area contributed by atoms with Crippen molar-refractivity contribution in [1.82, 2.24) is 29.5 Å². The van der Waals surface area contributed by atoms with E-state index in [9.17, 15) is 13.2 Å². The summed E-state index contributed by atoms with van der Waals surface area (Å²) < 4.78 is 40.1. The van der Waals surface area contributed by atoms with Crippen molar-refractivity contribution in [2.24, 2.45) is 0 Å². The third-order valence-corrected chi connectivity index (χ3v) is 4.66. The molecule has 5 rings (SSSR count). The molecule has 0 aliphatic heterocycles. The van der Waals surface area contributed by atoms with Gasteiger partial charge in [-0.2, -0.15) is 18.3 Å². The molecule has 0 spiro atoms. The summed E-state index contributed by atoms with van der Waals surface area (Å²) in [7, 11) is 0. The molecule has 0 aromatic carbocycles. The van der Waals surface area contributed by atoms with Crippen LogP contribution >= 0.6 is 0 Å². The number of alkyl halides is 3. The maximum atomic E-state index is 12.8. The van der Waals surface area contributed by atoms with Crippen molar-refractivity contribution in [3.63, 3.8) is 0 Å². The van der Waals surface area contributed by atoms with Crippen molar-refractivity contribution >= 4 is 27.6 Å². The van der Waals surface area contributed by atoms with Gasteiger partial charge in [-0.15, -0.1) is 0 Å². The second-order valence-electron chi connectivity index (χ2n) is 6.62. The van der Waals surface area contributed by atoms with Gasteiger partial charge in [-0.3, -0.25) is 4.98 Å². The summed E-state index contributed by atoms with van der Waals surface area (Å²) in [5, 5.41) is 5.76. The quantitative estimate of drug-likeness (QED) is 0.462. The Morgan fingerprint density at radius 2 is 1.86 bits per heavy atom. The van der Waals surface area contributed by atoms with Gasteiger partial charge >= 0.3 is 6.18 Å². The fraction of sp³-hybridized carbons (Fsp3) is 0.150. The lowest BCUT2D eigenvalue weighted by atomic mass is 10.1. The summed E-state index contributed by atoms with van der Waals surface area (Å²) in [5.41, 5.74) is 1.80. The zero-order valence-electron chi connectivity index (χ0n) is 14.9. The minimum absolute atomic E-state index is 0.288. The lowest BCUT2D eigenvalue weighted by Gasteiger charge is -2.07. The highest BCUT2D eigenvalue weighted by molar-refractivity contribution is 5.90. The van der Waals surface area contributed by atoms with E-state index in [-0.39, 0.29) is 5.65 Å². The first-order chi connectivity index (χ1) is 14.0. The monoisotopic (exact) mass is 394 g/mol. The minimum atomic E-state index is -4.42. The van der Waals surface area contributed by atoms with Crippen LogP contribution in [0.1, 0.15) is 17.1 Å². The van der Waals surface area contributed by atoms with E-state index in [1.807, 2.05) is 24.4 Å². The van der Waals surface area contributed by atoms with Crippen molar-refractivity contribution in [1.29, 1.82) is 0 Å². The van der Waals surface area contributed by atoms with Gasteiger partial charge < -0.3 is 0 Å². The van der Waals surface area contributed by atoms with E-state index < -0.39 is 11.7 Å². The van der Waals surface area contributed by atoms with Crippen molar-refractivity contribution in [3.05, 3.63) is 72.1 Å². The third-order valence-electron chi connectivity index (χ3n) is 4.66. The molecular formula is C20H13F3N6. The number of halogens is 3. The number of hydrogen-bond donors (Lipinski definition) is 0. The van der Waals surface area contributed by atoms with Gasteiger partial charge in [0, 0.05) is 41.5 Å². The van der Waals surface area contributed by atoms with Crippen LogP contribution in [0.3, 0.4) is 0 Å². The van der Waals surface area contributed by atoms with Crippen LogP contribution < -0.4 is 0 Å². The fourth-order valence-electron chi connectivity index (χ4n) is 3.23. The molecule has 0 N–H and O–H groups in total. The topological polar surface area (TPSA) is 68.9 Å². The van der Waals surface area contributed by atoms with Crippen LogP contribution in [0.2, 0.25) is 0 Å². The Morgan fingerprint density at radius 1 is 0.966 bits per heavy atom. The highest BCUT2D eigenvalue weighted by Crippen LogP contribution is 2.30. The minimum Gasteiger partial charge on any atom is -0.256 e. The van der Waals surface area contributed by atoms with Gasteiger partial charge in [0.15, 0.2) is 17.1 Å². The summed E-state index contributed by atoms with van der Waals surface area (Å²) in [6.45, 7) is 0. The largest absolute Gasteiger partial charge is 0.417 e. The molecule has 29 heavy (non-hydrogen) atoms. The molecule has 0 aliphatic carbocycles. The highest BCUT2D eigenvalue weighted by atomic mass is 19.4. The van der Waals surface area contributed by atoms with Crippen molar-refractivity contribution in [2.45, 2.75) is 19.0 Å². The Hall–Kier alpha value is -3.62. The number of hydrogen-bond acceptors (Lipinski definition) is 5. The van der Waals surface area contributed by atoms with E-state index in [4.69, 9.17) is 0 Å². The van der Waals surface area contributed by atoms with E-state index in [2.05, 4.69) is 25.0 Å². The zero-order valence-corrected chi connectivity index (χ0v) is 14.9. The number of nitrogens with zero attached hydrogens (tertiary/aromatic N) is 6. The summed E-state index contributed by atoms with van der Waals surface area (Å²) in [4.78, 5) is 17.1. The molecule has 0 unspecified atom stereocenters. The summed E-state index contributed by atoms with van der Waals surface area (Å²) >= 11 is 0. The third kappa shape index (κ3) is 3.24. The van der Waals surface area contributed by atoms with Crippen LogP contribution in [0.4, 0.5) is 13.2 Å². The molecule has 5 heterocycles. The first-order valence-electron chi connectivity index (χ1n) is 8.89. The molecule has 0 fully saturated rings. The molecule has 0 radical (unpaired) electrons. The predicted molar refractivity (Wildman–Crippen MR) is 100 cm³/mol. The Labute approximate surface area is 162 Å². The first kappa shape index (κ1) is 17.5. The van der Waals surface area contributed by atoms with Crippen LogP contribution in [-0.4, -0.2) is 29.5 Å². The SMILES string of the molecule is FC(F)(F)c1cnc2nc(CCc3nc4c5cccnc5ccn4n3)ccc2c1. The number of aromatic nitrogens is 6. The number of rotatable bonds is 3. The van der Waals surface area contributed by atoms with Crippen LogP contribution in [0.15, 0.2) is 55.0 Å². The molecule has 144 valence electrons. The van der Waals surface area contributed by atoms with Crippen molar-refractivity contribution in [2.75, 3.05) is 0 Å². The van der Waals surface area contributed by atoms with Crippen LogP contribution in [0.5, 0.6) is 0 Å². The molecule has 0 aliphatic rings. The summed E-state index contributed by atoms with van der Waals surface area (Å²) in [5.74, 6) is 0.656. The summed E-state index contributed by atoms with van der Waals surface area (Å²) in [6.07, 6.45) is 1.02. The van der Waals surface area contributed by atoms with E-state index in [1.165, 1.54) is 0 Å². The average molecular weight is 394 g/mol. The maximum absolute atomic E-state index is 12.8. The van der Waals surface area contributed by atoms with Gasteiger partial charge in [0.05, 0.1) is 11.1 Å². The Balaban J connectivity index is 1.40. The lowest BCUT2D eigenvalue weighted by molar-refractivity contribution is -0.137. The van der Waals surface area contributed by atoms with E-state index in [0.29, 0.717) is 24.1 Å². The Morgan fingerprint density at radius 3 is 2.72 bits per heavy atom. The molecule has 6 nitrogen and oxygen atoms in total. The normalized spacial score (nSPS) is 12.2. The molecule has 0 bridgehead atoms. The number of aryl methyl sites for hydroxylation is 2. The maximum Gasteiger partial charge on any atom is 0.417 e. The number of pyridine rings is 4. The smallest absolute Gasteiger partial charge is 0.256 e. The Kier molecular flexibility index (Phi) is 3.90. The Bertz CT molecular complexity index is 1360. The molecule has 5 aromatic heterocycles. The van der Waals surface area contributed by atoms with Crippen molar-refractivity contribution < 1.29 is 13.2 Å². The first-order valence-corrected chi connectivity index (χ1v) is 8.89. The number of fused-ring (bicyclic) bond motifs is 4. The molecule has 5 aromatic rings. The molecule has 0 atom stereocenters. The van der Waals surface area contributed by atoms with Gasteiger partial charge in [0.25, 0.3) is 0 Å². The molecule has 9 heteroatoms. The second kappa shape index (κ2) is 6.47. The molecular weight excluding hydrogens is 381 g/mol. The van der Waals surface area contributed by atoms with Gasteiger partial charge in [-0.1, -0.05) is 0 Å².